The smallest absolute Gasteiger partial charge is 0.251 e. The summed E-state index contributed by atoms with van der Waals surface area (Å²) >= 11 is 0. The first-order valence-corrected chi connectivity index (χ1v) is 6.98. The predicted octanol–water partition coefficient (Wildman–Crippen LogP) is 3.19. The van der Waals surface area contributed by atoms with E-state index < -0.39 is 0 Å². The van der Waals surface area contributed by atoms with Crippen molar-refractivity contribution in [1.82, 2.24) is 10.5 Å². The molecular weight excluding hydrogens is 264 g/mol. The van der Waals surface area contributed by atoms with Crippen molar-refractivity contribution < 1.29 is 9.32 Å². The molecule has 0 radical (unpaired) electrons. The minimum absolute atomic E-state index is 0.0360. The molecule has 106 valence electrons. The molecule has 0 saturated carbocycles. The van der Waals surface area contributed by atoms with E-state index in [0.717, 1.165) is 29.2 Å². The molecule has 3 rings (SSSR count). The van der Waals surface area contributed by atoms with Crippen molar-refractivity contribution in [3.63, 3.8) is 0 Å². The third kappa shape index (κ3) is 3.28. The van der Waals surface area contributed by atoms with Crippen molar-refractivity contribution in [2.45, 2.75) is 12.8 Å². The largest absolute Gasteiger partial charge is 0.364 e. The Kier molecular flexibility index (Phi) is 3.96. The van der Waals surface area contributed by atoms with Gasteiger partial charge in [0.25, 0.3) is 5.91 Å². The molecule has 0 aliphatic carbocycles. The van der Waals surface area contributed by atoms with Crippen LogP contribution >= 0.6 is 0 Å². The molecule has 0 spiro atoms. The predicted molar refractivity (Wildman–Crippen MR) is 81.1 cm³/mol. The zero-order valence-corrected chi connectivity index (χ0v) is 11.6. The zero-order chi connectivity index (χ0) is 14.5. The molecule has 4 nitrogen and oxygen atoms in total. The Morgan fingerprint density at radius 2 is 2.00 bits per heavy atom. The Morgan fingerprint density at radius 1 is 1.14 bits per heavy atom. The molecule has 1 heterocycles. The summed E-state index contributed by atoms with van der Waals surface area (Å²) in [6.07, 6.45) is 5.04. The van der Waals surface area contributed by atoms with Gasteiger partial charge in [0.2, 0.25) is 0 Å². The average molecular weight is 280 g/mol. The number of nitrogens with one attached hydrogen (secondary N) is 1. The van der Waals surface area contributed by atoms with E-state index in [1.165, 1.54) is 0 Å². The van der Waals surface area contributed by atoms with E-state index in [1.54, 1.807) is 12.5 Å². The third-order valence-electron chi connectivity index (χ3n) is 3.42. The number of amides is 1. The molecule has 0 fully saturated rings. The molecule has 0 bridgehead atoms. The number of aromatic nitrogens is 1. The topological polar surface area (TPSA) is 55.1 Å². The van der Waals surface area contributed by atoms with Crippen LogP contribution in [0, 0.1) is 0 Å². The van der Waals surface area contributed by atoms with Crippen molar-refractivity contribution in [2.75, 3.05) is 6.54 Å². The standard InChI is InChI=1S/C17H16N2O2/c20-17(18-9-3-4-13-11-19-21-12-13)16-8-7-14-5-1-2-6-15(14)10-16/h1-2,5-8,10-12H,3-4,9H2,(H,18,20). The molecular formula is C17H16N2O2. The second-order valence-electron chi connectivity index (χ2n) is 4.95. The van der Waals surface area contributed by atoms with Crippen molar-refractivity contribution >= 4 is 16.7 Å². The van der Waals surface area contributed by atoms with Crippen molar-refractivity contribution in [3.05, 3.63) is 66.1 Å². The number of carbonyl (C=O) groups is 1. The van der Waals surface area contributed by atoms with Crippen molar-refractivity contribution in [2.24, 2.45) is 0 Å². The van der Waals surface area contributed by atoms with Gasteiger partial charge in [-0.1, -0.05) is 35.5 Å². The Labute approximate surface area is 122 Å². The lowest BCUT2D eigenvalue weighted by Crippen LogP contribution is -2.24. The van der Waals surface area contributed by atoms with Crippen LogP contribution in [0.3, 0.4) is 0 Å². The lowest BCUT2D eigenvalue weighted by molar-refractivity contribution is 0.0953. The van der Waals surface area contributed by atoms with Gasteiger partial charge in [-0.15, -0.1) is 0 Å². The van der Waals surface area contributed by atoms with Crippen LogP contribution in [0.5, 0.6) is 0 Å². The van der Waals surface area contributed by atoms with Crippen LogP contribution in [0.4, 0.5) is 0 Å². The Hall–Kier alpha value is -2.62. The fraction of sp³-hybridized carbons (Fsp3) is 0.176. The van der Waals surface area contributed by atoms with E-state index >= 15 is 0 Å². The molecule has 3 aromatic rings. The summed E-state index contributed by atoms with van der Waals surface area (Å²) in [5.41, 5.74) is 1.74. The van der Waals surface area contributed by atoms with Gasteiger partial charge in [0.05, 0.1) is 6.20 Å². The number of fused-ring (bicyclic) bond motifs is 1. The van der Waals surface area contributed by atoms with Gasteiger partial charge in [0.1, 0.15) is 6.26 Å². The van der Waals surface area contributed by atoms with Gasteiger partial charge in [-0.3, -0.25) is 4.79 Å². The number of benzene rings is 2. The summed E-state index contributed by atoms with van der Waals surface area (Å²) < 4.78 is 4.77. The third-order valence-corrected chi connectivity index (χ3v) is 3.42. The number of aryl methyl sites for hydroxylation is 1. The SMILES string of the molecule is O=C(NCCCc1cnoc1)c1ccc2ccccc2c1. The van der Waals surface area contributed by atoms with Gasteiger partial charge in [-0.2, -0.15) is 0 Å². The van der Waals surface area contributed by atoms with E-state index in [0.29, 0.717) is 12.1 Å². The van der Waals surface area contributed by atoms with Gasteiger partial charge in [-0.05, 0) is 35.7 Å². The molecule has 0 aliphatic rings. The Morgan fingerprint density at radius 3 is 2.81 bits per heavy atom. The fourth-order valence-corrected chi connectivity index (χ4v) is 2.28. The number of hydrogen-bond donors (Lipinski definition) is 1. The minimum atomic E-state index is -0.0360. The zero-order valence-electron chi connectivity index (χ0n) is 11.6. The highest BCUT2D eigenvalue weighted by molar-refractivity contribution is 5.98. The van der Waals surface area contributed by atoms with Gasteiger partial charge in [0.15, 0.2) is 0 Å². The second kappa shape index (κ2) is 6.22. The maximum absolute atomic E-state index is 12.1. The van der Waals surface area contributed by atoms with Crippen LogP contribution in [-0.4, -0.2) is 17.6 Å². The van der Waals surface area contributed by atoms with Gasteiger partial charge in [0, 0.05) is 17.7 Å². The molecule has 0 unspecified atom stereocenters. The van der Waals surface area contributed by atoms with Crippen molar-refractivity contribution in [1.29, 1.82) is 0 Å². The molecule has 21 heavy (non-hydrogen) atoms. The minimum Gasteiger partial charge on any atom is -0.364 e. The first kappa shape index (κ1) is 13.4. The van der Waals surface area contributed by atoms with E-state index in [4.69, 9.17) is 4.52 Å². The molecule has 1 aromatic heterocycles. The maximum Gasteiger partial charge on any atom is 0.251 e. The van der Waals surface area contributed by atoms with Gasteiger partial charge >= 0.3 is 0 Å². The Bertz CT molecular complexity index is 735. The summed E-state index contributed by atoms with van der Waals surface area (Å²) in [4.78, 5) is 12.1. The van der Waals surface area contributed by atoms with E-state index in [-0.39, 0.29) is 5.91 Å². The fourth-order valence-electron chi connectivity index (χ4n) is 2.28. The summed E-state index contributed by atoms with van der Waals surface area (Å²) in [6, 6.07) is 13.8. The first-order chi connectivity index (χ1) is 10.3. The van der Waals surface area contributed by atoms with Crippen LogP contribution < -0.4 is 5.32 Å². The van der Waals surface area contributed by atoms with Gasteiger partial charge in [-0.25, -0.2) is 0 Å². The van der Waals surface area contributed by atoms with Crippen LogP contribution in [0.15, 0.2) is 59.4 Å². The van der Waals surface area contributed by atoms with Crippen molar-refractivity contribution in [3.8, 4) is 0 Å². The lowest BCUT2D eigenvalue weighted by Gasteiger charge is -2.06. The molecule has 0 aliphatic heterocycles. The summed E-state index contributed by atoms with van der Waals surface area (Å²) in [6.45, 7) is 0.636. The summed E-state index contributed by atoms with van der Waals surface area (Å²) in [5, 5.41) is 8.80. The molecule has 2 aromatic carbocycles. The van der Waals surface area contributed by atoms with E-state index in [2.05, 4.69) is 10.5 Å². The molecule has 4 heteroatoms. The van der Waals surface area contributed by atoms with Crippen LogP contribution in [-0.2, 0) is 6.42 Å². The highest BCUT2D eigenvalue weighted by atomic mass is 16.5. The Balaban J connectivity index is 1.56. The highest BCUT2D eigenvalue weighted by Crippen LogP contribution is 2.15. The van der Waals surface area contributed by atoms with E-state index in [9.17, 15) is 4.79 Å². The first-order valence-electron chi connectivity index (χ1n) is 6.98. The molecule has 1 amide bonds. The lowest BCUT2D eigenvalue weighted by atomic mass is 10.1. The maximum atomic E-state index is 12.1. The number of nitrogens with zero attached hydrogens (tertiary/aromatic N) is 1. The average Bonchev–Trinajstić information content (AvgIpc) is 3.04. The van der Waals surface area contributed by atoms with Crippen LogP contribution in [0.25, 0.3) is 10.8 Å². The van der Waals surface area contributed by atoms with E-state index in [1.807, 2.05) is 42.5 Å². The summed E-state index contributed by atoms with van der Waals surface area (Å²) in [5.74, 6) is -0.0360. The molecule has 0 saturated heterocycles. The molecule has 1 N–H and O–H groups in total. The quantitative estimate of drug-likeness (QED) is 0.730. The monoisotopic (exact) mass is 280 g/mol. The highest BCUT2D eigenvalue weighted by Gasteiger charge is 2.05. The number of hydrogen-bond acceptors (Lipinski definition) is 3. The van der Waals surface area contributed by atoms with Gasteiger partial charge < -0.3 is 9.84 Å². The van der Waals surface area contributed by atoms with Crippen LogP contribution in [0.1, 0.15) is 22.3 Å². The number of carbonyl (C=O) groups excluding carboxylic acids is 1. The summed E-state index contributed by atoms with van der Waals surface area (Å²) in [7, 11) is 0. The number of rotatable bonds is 5. The molecule has 0 atom stereocenters. The second-order valence-corrected chi connectivity index (χ2v) is 4.95. The van der Waals surface area contributed by atoms with Crippen LogP contribution in [0.2, 0.25) is 0 Å². The normalized spacial score (nSPS) is 10.7.